The number of aryl methyl sites for hydroxylation is 1. The molecule has 2 rings (SSSR count). The van der Waals surface area contributed by atoms with E-state index in [9.17, 15) is 4.79 Å². The lowest BCUT2D eigenvalue weighted by Gasteiger charge is -2.09. The number of rotatable bonds is 2. The summed E-state index contributed by atoms with van der Waals surface area (Å²) in [6.45, 7) is 1.91. The molecule has 0 spiro atoms. The van der Waals surface area contributed by atoms with Crippen molar-refractivity contribution in [1.82, 2.24) is 0 Å². The molecule has 0 heterocycles. The third kappa shape index (κ3) is 3.03. The Bertz CT molecular complexity index is 598. The highest BCUT2D eigenvalue weighted by Crippen LogP contribution is 2.24. The Morgan fingerprint density at radius 3 is 2.61 bits per heavy atom. The van der Waals surface area contributed by atoms with Crippen molar-refractivity contribution in [2.45, 2.75) is 6.92 Å². The molecule has 2 aromatic rings. The molecule has 1 amide bonds. The summed E-state index contributed by atoms with van der Waals surface area (Å²) >= 11 is 8.26. The first-order chi connectivity index (χ1) is 8.58. The van der Waals surface area contributed by atoms with E-state index >= 15 is 0 Å². The lowest BCUT2D eigenvalue weighted by Crippen LogP contribution is -2.13. The average Bonchev–Trinajstić information content (AvgIpc) is 2.33. The van der Waals surface area contributed by atoms with Crippen molar-refractivity contribution in [2.24, 2.45) is 0 Å². The monoisotopic (exact) mass is 371 g/mol. The molecule has 4 heteroatoms. The van der Waals surface area contributed by atoms with Gasteiger partial charge in [-0.3, -0.25) is 4.79 Å². The van der Waals surface area contributed by atoms with Crippen molar-refractivity contribution in [1.29, 1.82) is 0 Å². The van der Waals surface area contributed by atoms with E-state index in [1.165, 1.54) is 0 Å². The van der Waals surface area contributed by atoms with Gasteiger partial charge in [-0.15, -0.1) is 0 Å². The van der Waals surface area contributed by atoms with Gasteiger partial charge >= 0.3 is 0 Å². The Morgan fingerprint density at radius 1 is 1.22 bits per heavy atom. The number of anilines is 1. The van der Waals surface area contributed by atoms with Crippen LogP contribution in [0.5, 0.6) is 0 Å². The summed E-state index contributed by atoms with van der Waals surface area (Å²) in [6, 6.07) is 13.0. The van der Waals surface area contributed by atoms with Crippen LogP contribution in [0.4, 0.5) is 5.69 Å². The lowest BCUT2D eigenvalue weighted by molar-refractivity contribution is 0.102. The smallest absolute Gasteiger partial charge is 0.255 e. The van der Waals surface area contributed by atoms with Crippen LogP contribution in [0.15, 0.2) is 42.5 Å². The van der Waals surface area contributed by atoms with Gasteiger partial charge in [-0.05, 0) is 59.3 Å². The van der Waals surface area contributed by atoms with Crippen molar-refractivity contribution < 1.29 is 4.79 Å². The number of hydrogen-bond acceptors (Lipinski definition) is 1. The van der Waals surface area contributed by atoms with E-state index in [4.69, 9.17) is 11.6 Å². The summed E-state index contributed by atoms with van der Waals surface area (Å²) in [6.07, 6.45) is 0. The molecule has 0 aliphatic rings. The first-order valence-electron chi connectivity index (χ1n) is 5.40. The Balaban J connectivity index is 2.24. The molecule has 2 aromatic carbocycles. The molecular weight excluding hydrogens is 361 g/mol. The molecule has 0 aliphatic carbocycles. The van der Waals surface area contributed by atoms with E-state index in [0.29, 0.717) is 16.3 Å². The summed E-state index contributed by atoms with van der Waals surface area (Å²) in [5.41, 5.74) is 2.23. The number of halogens is 2. The normalized spacial score (nSPS) is 10.2. The van der Waals surface area contributed by atoms with Crippen LogP contribution in [0, 0.1) is 10.5 Å². The van der Waals surface area contributed by atoms with Gasteiger partial charge in [-0.1, -0.05) is 29.8 Å². The van der Waals surface area contributed by atoms with Crippen LogP contribution in [0.25, 0.3) is 0 Å². The Labute approximate surface area is 124 Å². The van der Waals surface area contributed by atoms with Crippen molar-refractivity contribution in [2.75, 3.05) is 5.32 Å². The SMILES string of the molecule is Cc1ccccc1C(=O)Nc1ccc(I)cc1Cl. The molecule has 92 valence electrons. The van der Waals surface area contributed by atoms with E-state index in [1.807, 2.05) is 37.3 Å². The maximum atomic E-state index is 12.1. The van der Waals surface area contributed by atoms with Crippen molar-refractivity contribution >= 4 is 45.8 Å². The lowest BCUT2D eigenvalue weighted by atomic mass is 10.1. The maximum Gasteiger partial charge on any atom is 0.255 e. The predicted octanol–water partition coefficient (Wildman–Crippen LogP) is 4.51. The summed E-state index contributed by atoms with van der Waals surface area (Å²) in [4.78, 5) is 12.1. The van der Waals surface area contributed by atoms with E-state index < -0.39 is 0 Å². The number of hydrogen-bond donors (Lipinski definition) is 1. The van der Waals surface area contributed by atoms with Crippen LogP contribution in [0.2, 0.25) is 5.02 Å². The molecule has 0 bridgehead atoms. The minimum Gasteiger partial charge on any atom is -0.321 e. The van der Waals surface area contributed by atoms with E-state index in [1.54, 1.807) is 12.1 Å². The second kappa shape index (κ2) is 5.71. The van der Waals surface area contributed by atoms with Crippen LogP contribution in [0.3, 0.4) is 0 Å². The first-order valence-corrected chi connectivity index (χ1v) is 6.85. The minimum atomic E-state index is -0.142. The van der Waals surface area contributed by atoms with E-state index in [-0.39, 0.29) is 5.91 Å². The van der Waals surface area contributed by atoms with Gasteiger partial charge in [-0.25, -0.2) is 0 Å². The van der Waals surface area contributed by atoms with Gasteiger partial charge in [0.25, 0.3) is 5.91 Å². The molecule has 0 radical (unpaired) electrons. The molecule has 0 unspecified atom stereocenters. The number of amides is 1. The fourth-order valence-corrected chi connectivity index (χ4v) is 2.51. The van der Waals surface area contributed by atoms with Crippen molar-refractivity contribution in [3.63, 3.8) is 0 Å². The van der Waals surface area contributed by atoms with Gasteiger partial charge in [-0.2, -0.15) is 0 Å². The third-order valence-corrected chi connectivity index (χ3v) is 3.55. The predicted molar refractivity (Wildman–Crippen MR) is 83.3 cm³/mol. The largest absolute Gasteiger partial charge is 0.321 e. The van der Waals surface area contributed by atoms with Gasteiger partial charge in [0.15, 0.2) is 0 Å². The molecule has 0 aromatic heterocycles. The topological polar surface area (TPSA) is 29.1 Å². The molecule has 0 fully saturated rings. The van der Waals surface area contributed by atoms with Crippen LogP contribution < -0.4 is 5.32 Å². The molecule has 0 atom stereocenters. The van der Waals surface area contributed by atoms with Gasteiger partial charge in [0, 0.05) is 9.13 Å². The van der Waals surface area contributed by atoms with Crippen LogP contribution in [0.1, 0.15) is 15.9 Å². The average molecular weight is 372 g/mol. The zero-order chi connectivity index (χ0) is 13.1. The van der Waals surface area contributed by atoms with Crippen molar-refractivity contribution in [3.8, 4) is 0 Å². The van der Waals surface area contributed by atoms with Gasteiger partial charge in [0.05, 0.1) is 10.7 Å². The molecular formula is C14H11ClINO. The molecule has 18 heavy (non-hydrogen) atoms. The standard InChI is InChI=1S/C14H11ClINO/c1-9-4-2-3-5-11(9)14(18)17-13-7-6-10(16)8-12(13)15/h2-8H,1H3,(H,17,18). The Morgan fingerprint density at radius 2 is 1.94 bits per heavy atom. The summed E-state index contributed by atoms with van der Waals surface area (Å²) in [5, 5.41) is 3.37. The van der Waals surface area contributed by atoms with Gasteiger partial charge < -0.3 is 5.32 Å². The first kappa shape index (κ1) is 13.4. The molecule has 0 saturated carbocycles. The quantitative estimate of drug-likeness (QED) is 0.774. The summed E-state index contributed by atoms with van der Waals surface area (Å²) < 4.78 is 1.03. The second-order valence-corrected chi connectivity index (χ2v) is 5.55. The summed E-state index contributed by atoms with van der Waals surface area (Å²) in [7, 11) is 0. The summed E-state index contributed by atoms with van der Waals surface area (Å²) in [5.74, 6) is -0.142. The highest BCUT2D eigenvalue weighted by Gasteiger charge is 2.10. The fraction of sp³-hybridized carbons (Fsp3) is 0.0714. The van der Waals surface area contributed by atoms with Crippen LogP contribution >= 0.6 is 34.2 Å². The molecule has 0 aliphatic heterocycles. The van der Waals surface area contributed by atoms with Gasteiger partial charge in [0.2, 0.25) is 0 Å². The van der Waals surface area contributed by atoms with Crippen LogP contribution in [-0.4, -0.2) is 5.91 Å². The zero-order valence-corrected chi connectivity index (χ0v) is 12.6. The van der Waals surface area contributed by atoms with E-state index in [0.717, 1.165) is 9.13 Å². The molecule has 2 nitrogen and oxygen atoms in total. The third-order valence-electron chi connectivity index (χ3n) is 2.57. The molecule has 0 saturated heterocycles. The zero-order valence-electron chi connectivity index (χ0n) is 9.71. The Kier molecular flexibility index (Phi) is 4.24. The van der Waals surface area contributed by atoms with Crippen molar-refractivity contribution in [3.05, 3.63) is 62.2 Å². The second-order valence-electron chi connectivity index (χ2n) is 3.89. The molecule has 1 N–H and O–H groups in total. The number of nitrogens with one attached hydrogen (secondary N) is 1. The fourth-order valence-electron chi connectivity index (χ4n) is 1.61. The highest BCUT2D eigenvalue weighted by molar-refractivity contribution is 14.1. The minimum absolute atomic E-state index is 0.142. The maximum absolute atomic E-state index is 12.1. The van der Waals surface area contributed by atoms with Gasteiger partial charge in [0.1, 0.15) is 0 Å². The Hall–Kier alpha value is -1.07. The number of benzene rings is 2. The number of carbonyl (C=O) groups is 1. The highest BCUT2D eigenvalue weighted by atomic mass is 127. The van der Waals surface area contributed by atoms with Crippen LogP contribution in [-0.2, 0) is 0 Å². The van der Waals surface area contributed by atoms with E-state index in [2.05, 4.69) is 27.9 Å². The number of carbonyl (C=O) groups excluding carboxylic acids is 1.